The van der Waals surface area contributed by atoms with Crippen LogP contribution >= 0.6 is 34.5 Å². The van der Waals surface area contributed by atoms with Crippen LogP contribution in [0.15, 0.2) is 35.8 Å². The summed E-state index contributed by atoms with van der Waals surface area (Å²) in [4.78, 5) is 15.1. The molecule has 5 nitrogen and oxygen atoms in total. The van der Waals surface area contributed by atoms with Gasteiger partial charge in [0, 0.05) is 19.2 Å². The van der Waals surface area contributed by atoms with Gasteiger partial charge in [0.1, 0.15) is 12.4 Å². The molecule has 3 aromatic rings. The molecule has 0 bridgehead atoms. The van der Waals surface area contributed by atoms with Crippen LogP contribution in [-0.2, 0) is 19.7 Å². The van der Waals surface area contributed by atoms with Crippen LogP contribution in [0.4, 0.5) is 0 Å². The maximum atomic E-state index is 12.8. The molecule has 2 aromatic heterocycles. The first kappa shape index (κ1) is 20.7. The Morgan fingerprint density at radius 1 is 1.29 bits per heavy atom. The molecule has 0 fully saturated rings. The maximum Gasteiger partial charge on any atom is 0.264 e. The van der Waals surface area contributed by atoms with Crippen LogP contribution in [0.5, 0.6) is 5.75 Å². The van der Waals surface area contributed by atoms with E-state index in [4.69, 9.17) is 27.9 Å². The fourth-order valence-electron chi connectivity index (χ4n) is 2.75. The Morgan fingerprint density at radius 3 is 2.82 bits per heavy atom. The average Bonchev–Trinajstić information content (AvgIpc) is 3.29. The highest BCUT2D eigenvalue weighted by Gasteiger charge is 2.18. The van der Waals surface area contributed by atoms with Gasteiger partial charge in [-0.25, -0.2) is 0 Å². The zero-order chi connectivity index (χ0) is 20.3. The number of halogens is 2. The fourth-order valence-corrected chi connectivity index (χ4v) is 4.01. The lowest BCUT2D eigenvalue weighted by molar-refractivity contribution is 0.0786. The second kappa shape index (κ2) is 8.99. The van der Waals surface area contributed by atoms with Crippen molar-refractivity contribution in [3.63, 3.8) is 0 Å². The van der Waals surface area contributed by atoms with Crippen molar-refractivity contribution in [3.8, 4) is 5.75 Å². The number of hydrogen-bond acceptors (Lipinski definition) is 4. The molecule has 2 heterocycles. The molecule has 8 heteroatoms. The molecular weight excluding hydrogens is 417 g/mol. The number of benzene rings is 1. The van der Waals surface area contributed by atoms with Crippen LogP contribution in [0.3, 0.4) is 0 Å². The average molecular weight is 438 g/mol. The van der Waals surface area contributed by atoms with E-state index in [9.17, 15) is 4.79 Å². The van der Waals surface area contributed by atoms with E-state index in [2.05, 4.69) is 5.10 Å². The van der Waals surface area contributed by atoms with Gasteiger partial charge in [-0.05, 0) is 43.0 Å². The summed E-state index contributed by atoms with van der Waals surface area (Å²) in [5.74, 6) is 0.574. The van der Waals surface area contributed by atoms with E-state index in [1.165, 1.54) is 11.3 Å². The molecule has 0 aliphatic heterocycles. The molecule has 1 aromatic carbocycles. The van der Waals surface area contributed by atoms with Crippen molar-refractivity contribution in [2.75, 3.05) is 7.05 Å². The van der Waals surface area contributed by atoms with Crippen LogP contribution < -0.4 is 4.74 Å². The molecule has 0 aliphatic carbocycles. The minimum atomic E-state index is -0.0650. The summed E-state index contributed by atoms with van der Waals surface area (Å²) in [5, 5.41) is 7.27. The minimum absolute atomic E-state index is 0.0650. The van der Waals surface area contributed by atoms with Crippen molar-refractivity contribution in [1.82, 2.24) is 14.7 Å². The zero-order valence-electron chi connectivity index (χ0n) is 15.9. The fraction of sp³-hybridized carbons (Fsp3) is 0.300. The third kappa shape index (κ3) is 4.69. The van der Waals surface area contributed by atoms with Gasteiger partial charge in [-0.1, -0.05) is 29.3 Å². The molecule has 1 amide bonds. The summed E-state index contributed by atoms with van der Waals surface area (Å²) in [6.07, 6.45) is 1.61. The largest absolute Gasteiger partial charge is 0.487 e. The Kier molecular flexibility index (Phi) is 6.65. The van der Waals surface area contributed by atoms with E-state index in [0.717, 1.165) is 16.8 Å². The SMILES string of the molecule is CCn1ncc(Cl)c1CN(C)C(=O)c1cc(COc2cc(C)ccc2Cl)cs1. The summed E-state index contributed by atoms with van der Waals surface area (Å²) in [6, 6.07) is 7.50. The van der Waals surface area contributed by atoms with E-state index < -0.39 is 0 Å². The molecule has 0 unspecified atom stereocenters. The molecule has 0 saturated heterocycles. The number of carbonyl (C=O) groups excluding carboxylic acids is 1. The first-order valence-corrected chi connectivity index (χ1v) is 10.4. The molecule has 0 saturated carbocycles. The van der Waals surface area contributed by atoms with Gasteiger partial charge in [-0.15, -0.1) is 11.3 Å². The Balaban J connectivity index is 1.64. The predicted octanol–water partition coefficient (Wildman–Crippen LogP) is 5.43. The van der Waals surface area contributed by atoms with E-state index in [-0.39, 0.29) is 5.91 Å². The van der Waals surface area contributed by atoms with Gasteiger partial charge in [-0.2, -0.15) is 5.10 Å². The number of aryl methyl sites for hydroxylation is 2. The second-order valence-electron chi connectivity index (χ2n) is 6.46. The summed E-state index contributed by atoms with van der Waals surface area (Å²) in [7, 11) is 1.76. The predicted molar refractivity (Wildman–Crippen MR) is 114 cm³/mol. The summed E-state index contributed by atoms with van der Waals surface area (Å²) >= 11 is 13.8. The van der Waals surface area contributed by atoms with Gasteiger partial charge in [0.15, 0.2) is 0 Å². The summed E-state index contributed by atoms with van der Waals surface area (Å²) in [6.45, 7) is 5.42. The van der Waals surface area contributed by atoms with Gasteiger partial charge in [0.25, 0.3) is 5.91 Å². The monoisotopic (exact) mass is 437 g/mol. The van der Waals surface area contributed by atoms with E-state index in [1.54, 1.807) is 22.8 Å². The second-order valence-corrected chi connectivity index (χ2v) is 8.18. The van der Waals surface area contributed by atoms with Crippen molar-refractivity contribution in [3.05, 3.63) is 67.6 Å². The Hall–Kier alpha value is -2.02. The number of aromatic nitrogens is 2. The lowest BCUT2D eigenvalue weighted by atomic mass is 10.2. The molecule has 0 atom stereocenters. The van der Waals surface area contributed by atoms with E-state index in [1.807, 2.05) is 43.5 Å². The molecule has 0 N–H and O–H groups in total. The number of amides is 1. The van der Waals surface area contributed by atoms with Crippen molar-refractivity contribution in [2.24, 2.45) is 0 Å². The first-order chi connectivity index (χ1) is 13.4. The molecule has 28 heavy (non-hydrogen) atoms. The minimum Gasteiger partial charge on any atom is -0.487 e. The number of rotatable bonds is 7. The highest BCUT2D eigenvalue weighted by molar-refractivity contribution is 7.12. The topological polar surface area (TPSA) is 47.4 Å². The highest BCUT2D eigenvalue weighted by Crippen LogP contribution is 2.27. The van der Waals surface area contributed by atoms with Crippen molar-refractivity contribution in [1.29, 1.82) is 0 Å². The molecule has 0 radical (unpaired) electrons. The lowest BCUT2D eigenvalue weighted by Crippen LogP contribution is -2.27. The van der Waals surface area contributed by atoms with Gasteiger partial charge in [0.2, 0.25) is 0 Å². The zero-order valence-corrected chi connectivity index (χ0v) is 18.2. The van der Waals surface area contributed by atoms with Crippen molar-refractivity contribution in [2.45, 2.75) is 33.5 Å². The van der Waals surface area contributed by atoms with Gasteiger partial charge in [-0.3, -0.25) is 9.48 Å². The first-order valence-electron chi connectivity index (χ1n) is 8.81. The highest BCUT2D eigenvalue weighted by atomic mass is 35.5. The number of carbonyl (C=O) groups is 1. The summed E-state index contributed by atoms with van der Waals surface area (Å²) < 4.78 is 7.61. The van der Waals surface area contributed by atoms with Crippen LogP contribution in [0, 0.1) is 6.92 Å². The van der Waals surface area contributed by atoms with Crippen LogP contribution in [-0.4, -0.2) is 27.6 Å². The van der Waals surface area contributed by atoms with Crippen LogP contribution in [0.1, 0.15) is 33.4 Å². The Labute approximate surface area is 178 Å². The molecular formula is C20H21Cl2N3O2S. The number of thiophene rings is 1. The molecule has 0 spiro atoms. The Bertz CT molecular complexity index is 984. The van der Waals surface area contributed by atoms with Crippen LogP contribution in [0.2, 0.25) is 10.0 Å². The van der Waals surface area contributed by atoms with E-state index in [0.29, 0.717) is 40.4 Å². The smallest absolute Gasteiger partial charge is 0.264 e. The molecule has 0 aliphatic rings. The maximum absolute atomic E-state index is 12.8. The number of nitrogens with zero attached hydrogens (tertiary/aromatic N) is 3. The molecule has 148 valence electrons. The van der Waals surface area contributed by atoms with Gasteiger partial charge < -0.3 is 9.64 Å². The van der Waals surface area contributed by atoms with Crippen molar-refractivity contribution >= 4 is 40.4 Å². The number of hydrogen-bond donors (Lipinski definition) is 0. The standard InChI is InChI=1S/C20H21Cl2N3O2S/c1-4-25-17(16(22)9-23-25)10-24(3)20(26)19-8-14(12-28-19)11-27-18-7-13(2)5-6-15(18)21/h5-9,12H,4,10-11H2,1-3H3. The number of ether oxygens (including phenoxy) is 1. The normalized spacial score (nSPS) is 10.9. The third-order valence-electron chi connectivity index (χ3n) is 4.28. The van der Waals surface area contributed by atoms with Gasteiger partial charge in [0.05, 0.1) is 33.4 Å². The lowest BCUT2D eigenvalue weighted by Gasteiger charge is -2.17. The van der Waals surface area contributed by atoms with Crippen LogP contribution in [0.25, 0.3) is 0 Å². The Morgan fingerprint density at radius 2 is 2.07 bits per heavy atom. The quantitative estimate of drug-likeness (QED) is 0.494. The third-order valence-corrected chi connectivity index (χ3v) is 5.87. The van der Waals surface area contributed by atoms with Gasteiger partial charge >= 0.3 is 0 Å². The van der Waals surface area contributed by atoms with Crippen molar-refractivity contribution < 1.29 is 9.53 Å². The summed E-state index contributed by atoms with van der Waals surface area (Å²) in [5.41, 5.74) is 2.83. The van der Waals surface area contributed by atoms with E-state index >= 15 is 0 Å². The molecule has 3 rings (SSSR count).